The maximum Gasteiger partial charge on any atom is 0.344 e. The van der Waals surface area contributed by atoms with Crippen molar-refractivity contribution in [1.82, 2.24) is 0 Å². The van der Waals surface area contributed by atoms with E-state index >= 15 is 0 Å². The summed E-state index contributed by atoms with van der Waals surface area (Å²) in [6.45, 7) is 0. The second-order valence-electron chi connectivity index (χ2n) is 7.37. The van der Waals surface area contributed by atoms with Crippen molar-refractivity contribution in [3.8, 4) is 17.2 Å². The highest BCUT2D eigenvalue weighted by Crippen LogP contribution is 2.47. The second-order valence-corrected chi connectivity index (χ2v) is 7.37. The summed E-state index contributed by atoms with van der Waals surface area (Å²) in [6.07, 6.45) is 0. The van der Waals surface area contributed by atoms with Crippen LogP contribution in [-0.2, 0) is 0 Å². The molecule has 5 nitrogen and oxygen atoms in total. The molecule has 5 aromatic rings. The van der Waals surface area contributed by atoms with Crippen LogP contribution in [0.4, 0.5) is 0 Å². The van der Waals surface area contributed by atoms with E-state index in [0.717, 1.165) is 0 Å². The Balaban J connectivity index is 1.90. The molecule has 0 bridgehead atoms. The smallest absolute Gasteiger partial charge is 0.344 e. The average molecular weight is 410 g/mol. The minimum atomic E-state index is -0.952. The summed E-state index contributed by atoms with van der Waals surface area (Å²) in [4.78, 5) is 13.0. The lowest BCUT2D eigenvalue weighted by molar-refractivity contribution is 0.433. The molecule has 0 amide bonds. The summed E-state index contributed by atoms with van der Waals surface area (Å²) in [5.74, 6) is -1.53. The molecular weight excluding hydrogens is 392 g/mol. The van der Waals surface area contributed by atoms with Crippen molar-refractivity contribution >= 4 is 21.7 Å². The Bertz CT molecular complexity index is 1490. The van der Waals surface area contributed by atoms with Crippen molar-refractivity contribution in [2.75, 3.05) is 0 Å². The number of fused-ring (bicyclic) bond motifs is 2. The number of phenolic OH excluding ortho intramolecular Hbond substituents is 2. The van der Waals surface area contributed by atoms with E-state index in [0.29, 0.717) is 21.7 Å². The van der Waals surface area contributed by atoms with Gasteiger partial charge in [-0.15, -0.1) is 0 Å². The quantitative estimate of drug-likeness (QED) is 0.354. The van der Waals surface area contributed by atoms with Gasteiger partial charge in [0.2, 0.25) is 0 Å². The molecule has 0 fully saturated rings. The fourth-order valence-electron chi connectivity index (χ4n) is 4.14. The van der Waals surface area contributed by atoms with Gasteiger partial charge in [-0.05, 0) is 29.1 Å². The number of para-hydroxylation sites is 1. The number of hydrogen-bond donors (Lipinski definition) is 3. The maximum atomic E-state index is 13.0. The summed E-state index contributed by atoms with van der Waals surface area (Å²) in [6, 6.07) is 24.3. The fraction of sp³-hybridized carbons (Fsp3) is 0.0385. The van der Waals surface area contributed by atoms with Gasteiger partial charge in [-0.3, -0.25) is 0 Å². The van der Waals surface area contributed by atoms with E-state index in [4.69, 9.17) is 4.42 Å². The van der Waals surface area contributed by atoms with Crippen LogP contribution in [0, 0.1) is 0 Å². The lowest BCUT2D eigenvalue weighted by Gasteiger charge is -2.22. The first-order chi connectivity index (χ1) is 15.1. The molecule has 3 N–H and O–H groups in total. The van der Waals surface area contributed by atoms with E-state index in [1.807, 2.05) is 6.07 Å². The van der Waals surface area contributed by atoms with Crippen LogP contribution in [0.25, 0.3) is 21.7 Å². The molecule has 152 valence electrons. The van der Waals surface area contributed by atoms with Crippen LogP contribution in [-0.4, -0.2) is 15.3 Å². The zero-order chi connectivity index (χ0) is 21.5. The molecule has 1 atom stereocenters. The van der Waals surface area contributed by atoms with Gasteiger partial charge in [-0.2, -0.15) is 0 Å². The van der Waals surface area contributed by atoms with E-state index in [-0.39, 0.29) is 34.0 Å². The van der Waals surface area contributed by atoms with Crippen molar-refractivity contribution in [3.63, 3.8) is 0 Å². The van der Waals surface area contributed by atoms with Crippen LogP contribution >= 0.6 is 0 Å². The van der Waals surface area contributed by atoms with Gasteiger partial charge in [0.05, 0.1) is 16.9 Å². The Morgan fingerprint density at radius 2 is 1.29 bits per heavy atom. The van der Waals surface area contributed by atoms with Gasteiger partial charge in [0, 0.05) is 10.9 Å². The molecule has 0 saturated heterocycles. The molecule has 1 heterocycles. The minimum absolute atomic E-state index is 0.0502. The highest BCUT2D eigenvalue weighted by atomic mass is 16.4. The van der Waals surface area contributed by atoms with Crippen LogP contribution in [0.3, 0.4) is 0 Å². The van der Waals surface area contributed by atoms with E-state index < -0.39 is 11.5 Å². The van der Waals surface area contributed by atoms with Gasteiger partial charge in [-0.25, -0.2) is 4.79 Å². The van der Waals surface area contributed by atoms with Crippen molar-refractivity contribution < 1.29 is 19.7 Å². The SMILES string of the molecule is O=c1oc2ccccc2c(O)c1C(c1ccccc1)c1c(O)cc2ccccc2c1O. The number of benzene rings is 4. The van der Waals surface area contributed by atoms with Crippen LogP contribution < -0.4 is 5.63 Å². The Morgan fingerprint density at radius 1 is 0.677 bits per heavy atom. The maximum absolute atomic E-state index is 13.0. The van der Waals surface area contributed by atoms with Gasteiger partial charge in [0.15, 0.2) is 0 Å². The third-order valence-electron chi connectivity index (χ3n) is 5.57. The zero-order valence-corrected chi connectivity index (χ0v) is 16.3. The average Bonchev–Trinajstić information content (AvgIpc) is 2.78. The summed E-state index contributed by atoms with van der Waals surface area (Å²) < 4.78 is 5.49. The largest absolute Gasteiger partial charge is 0.507 e. The second kappa shape index (κ2) is 7.22. The zero-order valence-electron chi connectivity index (χ0n) is 16.3. The van der Waals surface area contributed by atoms with Gasteiger partial charge in [0.25, 0.3) is 0 Å². The predicted octanol–water partition coefficient (Wildman–Crippen LogP) is 5.24. The van der Waals surface area contributed by atoms with Gasteiger partial charge < -0.3 is 19.7 Å². The van der Waals surface area contributed by atoms with E-state index in [9.17, 15) is 20.1 Å². The van der Waals surface area contributed by atoms with E-state index in [1.165, 1.54) is 0 Å². The molecule has 1 unspecified atom stereocenters. The molecule has 0 radical (unpaired) electrons. The number of aromatic hydroxyl groups is 3. The Labute approximate surface area is 177 Å². The lowest BCUT2D eigenvalue weighted by Crippen LogP contribution is -2.16. The summed E-state index contributed by atoms with van der Waals surface area (Å²) in [5.41, 5.74) is 0.208. The topological polar surface area (TPSA) is 90.9 Å². The predicted molar refractivity (Wildman–Crippen MR) is 119 cm³/mol. The highest BCUT2D eigenvalue weighted by molar-refractivity contribution is 5.92. The van der Waals surface area contributed by atoms with Crippen molar-refractivity contribution in [3.05, 3.63) is 112 Å². The lowest BCUT2D eigenvalue weighted by atomic mass is 9.83. The monoisotopic (exact) mass is 410 g/mol. The molecule has 0 spiro atoms. The van der Waals surface area contributed by atoms with Crippen LogP contribution in [0.15, 0.2) is 94.1 Å². The van der Waals surface area contributed by atoms with Crippen molar-refractivity contribution in [2.45, 2.75) is 5.92 Å². The minimum Gasteiger partial charge on any atom is -0.507 e. The Morgan fingerprint density at radius 3 is 2.06 bits per heavy atom. The van der Waals surface area contributed by atoms with Crippen LogP contribution in [0.5, 0.6) is 17.2 Å². The number of rotatable bonds is 3. The summed E-state index contributed by atoms with van der Waals surface area (Å²) >= 11 is 0. The molecule has 5 heteroatoms. The third-order valence-corrected chi connectivity index (χ3v) is 5.57. The molecule has 31 heavy (non-hydrogen) atoms. The molecule has 0 aliphatic heterocycles. The van der Waals surface area contributed by atoms with Gasteiger partial charge in [-0.1, -0.05) is 66.7 Å². The molecule has 0 aliphatic carbocycles. The standard InChI is InChI=1S/C26H18O5/c27-19-14-16-10-4-5-11-17(16)24(28)22(19)21(15-8-2-1-3-9-15)23-25(29)18-12-6-7-13-20(18)31-26(23)30/h1-14,21,27-29H. The van der Waals surface area contributed by atoms with Gasteiger partial charge in [0.1, 0.15) is 22.8 Å². The molecule has 4 aromatic carbocycles. The summed E-state index contributed by atoms with van der Waals surface area (Å²) in [7, 11) is 0. The first kappa shape index (κ1) is 18.8. The molecule has 0 saturated carbocycles. The van der Waals surface area contributed by atoms with Crippen LogP contribution in [0.2, 0.25) is 0 Å². The first-order valence-electron chi connectivity index (χ1n) is 9.79. The molecule has 1 aromatic heterocycles. The summed E-state index contributed by atoms with van der Waals surface area (Å²) in [5, 5.41) is 34.7. The van der Waals surface area contributed by atoms with Gasteiger partial charge >= 0.3 is 5.63 Å². The molecule has 0 aliphatic rings. The van der Waals surface area contributed by atoms with Crippen molar-refractivity contribution in [1.29, 1.82) is 0 Å². The molecule has 5 rings (SSSR count). The van der Waals surface area contributed by atoms with E-state index in [1.54, 1.807) is 78.9 Å². The first-order valence-corrected chi connectivity index (χ1v) is 9.79. The Kier molecular flexibility index (Phi) is 4.37. The van der Waals surface area contributed by atoms with E-state index in [2.05, 4.69) is 0 Å². The molecular formula is C26H18O5. The normalized spacial score (nSPS) is 12.3. The fourth-order valence-corrected chi connectivity index (χ4v) is 4.14. The third kappa shape index (κ3) is 2.99. The Hall–Kier alpha value is -4.25. The highest BCUT2D eigenvalue weighted by Gasteiger charge is 2.31. The van der Waals surface area contributed by atoms with Crippen LogP contribution in [0.1, 0.15) is 22.6 Å². The van der Waals surface area contributed by atoms with Crippen molar-refractivity contribution in [2.24, 2.45) is 0 Å². The number of phenols is 2. The number of hydrogen-bond acceptors (Lipinski definition) is 5.